The smallest absolute Gasteiger partial charge is 0.348 e. The third kappa shape index (κ3) is 3.95. The van der Waals surface area contributed by atoms with Crippen molar-refractivity contribution in [2.75, 3.05) is 0 Å². The first-order valence-electron chi connectivity index (χ1n) is 5.92. The van der Waals surface area contributed by atoms with Crippen LogP contribution in [0.1, 0.15) is 21.5 Å². The molecule has 2 aromatic rings. The van der Waals surface area contributed by atoms with Crippen LogP contribution in [0.2, 0.25) is 5.02 Å². The summed E-state index contributed by atoms with van der Waals surface area (Å²) >= 11 is 5.81. The van der Waals surface area contributed by atoms with Crippen molar-refractivity contribution in [3.63, 3.8) is 0 Å². The maximum Gasteiger partial charge on any atom is 0.416 e. The minimum Gasteiger partial charge on any atom is -0.348 e. The number of carbonyl (C=O) groups is 1. The second kappa shape index (κ2) is 6.13. The van der Waals surface area contributed by atoms with Gasteiger partial charge in [0.05, 0.1) is 16.1 Å². The van der Waals surface area contributed by atoms with Crippen LogP contribution in [-0.4, -0.2) is 10.9 Å². The lowest BCUT2D eigenvalue weighted by molar-refractivity contribution is -0.137. The summed E-state index contributed by atoms with van der Waals surface area (Å²) < 4.78 is 37.7. The van der Waals surface area contributed by atoms with Gasteiger partial charge in [-0.2, -0.15) is 13.2 Å². The van der Waals surface area contributed by atoms with Gasteiger partial charge in [0.25, 0.3) is 5.91 Å². The van der Waals surface area contributed by atoms with Crippen LogP contribution in [0.3, 0.4) is 0 Å². The molecule has 0 atom stereocenters. The monoisotopic (exact) mass is 314 g/mol. The van der Waals surface area contributed by atoms with E-state index in [0.717, 1.165) is 12.1 Å². The predicted octanol–water partition coefficient (Wildman–Crippen LogP) is 3.68. The number of pyridine rings is 1. The lowest BCUT2D eigenvalue weighted by Crippen LogP contribution is -2.23. The summed E-state index contributed by atoms with van der Waals surface area (Å²) in [5.74, 6) is -0.472. The van der Waals surface area contributed by atoms with Crippen LogP contribution in [0, 0.1) is 0 Å². The molecule has 1 aromatic carbocycles. The highest BCUT2D eigenvalue weighted by atomic mass is 35.5. The fourth-order valence-electron chi connectivity index (χ4n) is 1.69. The molecule has 0 radical (unpaired) electrons. The molecule has 0 fully saturated rings. The first kappa shape index (κ1) is 15.3. The number of nitrogens with zero attached hydrogens (tertiary/aromatic N) is 1. The van der Waals surface area contributed by atoms with E-state index in [2.05, 4.69) is 10.3 Å². The van der Waals surface area contributed by atoms with E-state index < -0.39 is 17.6 Å². The number of halogens is 4. The molecule has 0 unspecified atom stereocenters. The van der Waals surface area contributed by atoms with Crippen molar-refractivity contribution >= 4 is 17.5 Å². The fourth-order valence-corrected chi connectivity index (χ4v) is 1.90. The second-order valence-corrected chi connectivity index (χ2v) is 4.64. The van der Waals surface area contributed by atoms with Gasteiger partial charge in [-0.25, -0.2) is 0 Å². The largest absolute Gasteiger partial charge is 0.416 e. The van der Waals surface area contributed by atoms with Gasteiger partial charge in [0, 0.05) is 18.9 Å². The van der Waals surface area contributed by atoms with Crippen LogP contribution in [0.25, 0.3) is 0 Å². The van der Waals surface area contributed by atoms with Crippen molar-refractivity contribution in [3.8, 4) is 0 Å². The Labute approximate surface area is 123 Å². The molecule has 0 bridgehead atoms. The molecule has 0 aliphatic carbocycles. The van der Waals surface area contributed by atoms with E-state index in [-0.39, 0.29) is 17.1 Å². The highest BCUT2D eigenvalue weighted by Gasteiger charge is 2.30. The summed E-state index contributed by atoms with van der Waals surface area (Å²) in [6, 6.07) is 6.21. The van der Waals surface area contributed by atoms with Gasteiger partial charge in [0.1, 0.15) is 0 Å². The van der Waals surface area contributed by atoms with E-state index in [4.69, 9.17) is 11.6 Å². The molecule has 1 N–H and O–H groups in total. The average Bonchev–Trinajstić information content (AvgIpc) is 2.45. The molecule has 0 saturated carbocycles. The third-order valence-electron chi connectivity index (χ3n) is 2.72. The number of amides is 1. The molecule has 2 rings (SSSR count). The number of alkyl halides is 3. The first-order chi connectivity index (χ1) is 9.88. The van der Waals surface area contributed by atoms with Crippen molar-refractivity contribution in [2.24, 2.45) is 0 Å². The van der Waals surface area contributed by atoms with Crippen LogP contribution >= 0.6 is 11.6 Å². The lowest BCUT2D eigenvalue weighted by Gasteiger charge is -2.10. The Balaban J connectivity index is 2.07. The Hall–Kier alpha value is -2.08. The standard InChI is InChI=1S/C14H10ClF3N2O/c15-12-8-19-5-4-11(12)13(21)20-7-9-2-1-3-10(6-9)14(16,17)18/h1-6,8H,7H2,(H,20,21). The molecule has 110 valence electrons. The molecule has 0 aliphatic heterocycles. The van der Waals surface area contributed by atoms with Gasteiger partial charge in [-0.15, -0.1) is 0 Å². The van der Waals surface area contributed by atoms with Gasteiger partial charge in [-0.05, 0) is 23.8 Å². The number of rotatable bonds is 3. The molecule has 0 saturated heterocycles. The summed E-state index contributed by atoms with van der Waals surface area (Å²) in [7, 11) is 0. The van der Waals surface area contributed by atoms with Gasteiger partial charge < -0.3 is 5.32 Å². The highest BCUT2D eigenvalue weighted by molar-refractivity contribution is 6.33. The molecule has 1 amide bonds. The first-order valence-corrected chi connectivity index (χ1v) is 6.29. The SMILES string of the molecule is O=C(NCc1cccc(C(F)(F)F)c1)c1ccncc1Cl. The summed E-state index contributed by atoms with van der Waals surface area (Å²) in [6.07, 6.45) is -1.68. The zero-order valence-electron chi connectivity index (χ0n) is 10.6. The molecule has 3 nitrogen and oxygen atoms in total. The average molecular weight is 315 g/mol. The molecule has 1 heterocycles. The number of benzene rings is 1. The number of aromatic nitrogens is 1. The van der Waals surface area contributed by atoms with Gasteiger partial charge in [0.15, 0.2) is 0 Å². The Bertz CT molecular complexity index is 659. The second-order valence-electron chi connectivity index (χ2n) is 4.24. The Kier molecular flexibility index (Phi) is 4.47. The van der Waals surface area contributed by atoms with E-state index in [1.165, 1.54) is 30.6 Å². The Morgan fingerprint density at radius 1 is 1.29 bits per heavy atom. The number of hydrogen-bond acceptors (Lipinski definition) is 2. The van der Waals surface area contributed by atoms with E-state index >= 15 is 0 Å². The maximum absolute atomic E-state index is 12.6. The summed E-state index contributed by atoms with van der Waals surface area (Å²) in [5, 5.41) is 2.70. The minimum atomic E-state index is -4.41. The van der Waals surface area contributed by atoms with Crippen LogP contribution in [0.15, 0.2) is 42.7 Å². The van der Waals surface area contributed by atoms with Crippen molar-refractivity contribution < 1.29 is 18.0 Å². The molecular formula is C14H10ClF3N2O. The number of hydrogen-bond donors (Lipinski definition) is 1. The normalized spacial score (nSPS) is 11.2. The van der Waals surface area contributed by atoms with E-state index in [0.29, 0.717) is 5.56 Å². The Morgan fingerprint density at radius 2 is 2.05 bits per heavy atom. The summed E-state index contributed by atoms with van der Waals surface area (Å²) in [5.41, 5.74) is -0.182. The fraction of sp³-hybridized carbons (Fsp3) is 0.143. The number of nitrogens with one attached hydrogen (secondary N) is 1. The van der Waals surface area contributed by atoms with Crippen LogP contribution in [0.4, 0.5) is 13.2 Å². The zero-order valence-corrected chi connectivity index (χ0v) is 11.4. The van der Waals surface area contributed by atoms with E-state index in [1.54, 1.807) is 0 Å². The molecule has 0 spiro atoms. The Morgan fingerprint density at radius 3 is 2.71 bits per heavy atom. The minimum absolute atomic E-state index is 0.0264. The van der Waals surface area contributed by atoms with Crippen LogP contribution in [-0.2, 0) is 12.7 Å². The van der Waals surface area contributed by atoms with E-state index in [1.807, 2.05) is 0 Å². The van der Waals surface area contributed by atoms with Crippen molar-refractivity contribution in [3.05, 3.63) is 64.4 Å². The molecule has 7 heteroatoms. The molecule has 0 aliphatic rings. The van der Waals surface area contributed by atoms with Crippen LogP contribution in [0.5, 0.6) is 0 Å². The molecule has 21 heavy (non-hydrogen) atoms. The van der Waals surface area contributed by atoms with Crippen LogP contribution < -0.4 is 5.32 Å². The lowest BCUT2D eigenvalue weighted by atomic mass is 10.1. The quantitative estimate of drug-likeness (QED) is 0.939. The summed E-state index contributed by atoms with van der Waals surface area (Å²) in [4.78, 5) is 15.6. The van der Waals surface area contributed by atoms with E-state index in [9.17, 15) is 18.0 Å². The van der Waals surface area contributed by atoms with Crippen molar-refractivity contribution in [1.29, 1.82) is 0 Å². The number of carbonyl (C=O) groups excluding carboxylic acids is 1. The van der Waals surface area contributed by atoms with Gasteiger partial charge in [-0.1, -0.05) is 23.7 Å². The summed E-state index contributed by atoms with van der Waals surface area (Å²) in [6.45, 7) is -0.0264. The highest BCUT2D eigenvalue weighted by Crippen LogP contribution is 2.29. The van der Waals surface area contributed by atoms with Crippen molar-refractivity contribution in [2.45, 2.75) is 12.7 Å². The van der Waals surface area contributed by atoms with Gasteiger partial charge >= 0.3 is 6.18 Å². The van der Waals surface area contributed by atoms with Gasteiger partial charge in [0.2, 0.25) is 0 Å². The van der Waals surface area contributed by atoms with Gasteiger partial charge in [-0.3, -0.25) is 9.78 Å². The zero-order chi connectivity index (χ0) is 15.5. The topological polar surface area (TPSA) is 42.0 Å². The predicted molar refractivity (Wildman–Crippen MR) is 71.9 cm³/mol. The third-order valence-corrected chi connectivity index (χ3v) is 3.03. The molecule has 1 aromatic heterocycles. The van der Waals surface area contributed by atoms with Crippen molar-refractivity contribution in [1.82, 2.24) is 10.3 Å². The maximum atomic E-state index is 12.6. The molecular weight excluding hydrogens is 305 g/mol.